The Morgan fingerprint density at radius 1 is 1.09 bits per heavy atom. The zero-order chi connectivity index (χ0) is 15.6. The van der Waals surface area contributed by atoms with Crippen molar-refractivity contribution in [2.75, 3.05) is 0 Å². The van der Waals surface area contributed by atoms with Crippen LogP contribution in [0, 0.1) is 0 Å². The maximum atomic E-state index is 4.70. The Kier molecular flexibility index (Phi) is 2.23. The summed E-state index contributed by atoms with van der Waals surface area (Å²) in [5.74, 6) is 0. The molecule has 0 amide bonds. The van der Waals surface area contributed by atoms with E-state index < -0.39 is 0 Å². The van der Waals surface area contributed by atoms with Crippen LogP contribution in [0.3, 0.4) is 0 Å². The molecule has 0 radical (unpaired) electrons. The number of pyridine rings is 1. The number of fused-ring (bicyclic) bond motifs is 4. The van der Waals surface area contributed by atoms with Crippen LogP contribution in [0.1, 0.15) is 0 Å². The molecule has 0 saturated carbocycles. The molecule has 5 heterocycles. The van der Waals surface area contributed by atoms with Gasteiger partial charge in [0.15, 0.2) is 11.3 Å². The molecule has 5 rings (SSSR count). The average Bonchev–Trinajstić information content (AvgIpc) is 3.23. The van der Waals surface area contributed by atoms with Crippen LogP contribution in [-0.2, 0) is 14.1 Å². The Labute approximate surface area is 130 Å². The third kappa shape index (κ3) is 1.58. The monoisotopic (exact) mass is 303 g/mol. The summed E-state index contributed by atoms with van der Waals surface area (Å²) >= 11 is 0. The minimum atomic E-state index is 0.739. The first kappa shape index (κ1) is 12.3. The van der Waals surface area contributed by atoms with Crippen molar-refractivity contribution in [1.82, 2.24) is 34.3 Å². The fourth-order valence-electron chi connectivity index (χ4n) is 3.16. The quantitative estimate of drug-likeness (QED) is 0.516. The molecular formula is C16H13N7. The van der Waals surface area contributed by atoms with Crippen LogP contribution in [0.5, 0.6) is 0 Å². The van der Waals surface area contributed by atoms with E-state index in [1.807, 2.05) is 41.9 Å². The number of hydrogen-bond donors (Lipinski definition) is 1. The van der Waals surface area contributed by atoms with Gasteiger partial charge in [-0.3, -0.25) is 9.67 Å². The molecule has 0 unspecified atom stereocenters. The summed E-state index contributed by atoms with van der Waals surface area (Å²) < 4.78 is 3.95. The normalized spacial score (nSPS) is 11.9. The lowest BCUT2D eigenvalue weighted by Crippen LogP contribution is -1.89. The van der Waals surface area contributed by atoms with Crippen molar-refractivity contribution in [2.45, 2.75) is 0 Å². The van der Waals surface area contributed by atoms with E-state index in [-0.39, 0.29) is 0 Å². The van der Waals surface area contributed by atoms with E-state index in [0.29, 0.717) is 0 Å². The fraction of sp³-hybridized carbons (Fsp3) is 0.125. The van der Waals surface area contributed by atoms with Gasteiger partial charge in [0.2, 0.25) is 0 Å². The first-order valence-corrected chi connectivity index (χ1v) is 7.28. The van der Waals surface area contributed by atoms with Gasteiger partial charge >= 0.3 is 0 Å². The number of rotatable bonds is 1. The Hall–Kier alpha value is -3.22. The van der Waals surface area contributed by atoms with Crippen LogP contribution in [-0.4, -0.2) is 34.3 Å². The molecule has 7 nitrogen and oxygen atoms in total. The second-order valence-electron chi connectivity index (χ2n) is 5.66. The average molecular weight is 303 g/mol. The van der Waals surface area contributed by atoms with Crippen LogP contribution in [0.15, 0.2) is 37.1 Å². The lowest BCUT2D eigenvalue weighted by Gasteiger charge is -1.95. The Bertz CT molecular complexity index is 1190. The number of aromatic nitrogens is 7. The van der Waals surface area contributed by atoms with E-state index >= 15 is 0 Å². The maximum absolute atomic E-state index is 4.70. The minimum Gasteiger partial charge on any atom is -0.334 e. The first-order chi connectivity index (χ1) is 11.2. The van der Waals surface area contributed by atoms with Crippen LogP contribution in [0.4, 0.5) is 0 Å². The predicted molar refractivity (Wildman–Crippen MR) is 87.9 cm³/mol. The van der Waals surface area contributed by atoms with Crippen molar-refractivity contribution >= 4 is 33.1 Å². The van der Waals surface area contributed by atoms with Crippen molar-refractivity contribution in [3.63, 3.8) is 0 Å². The van der Waals surface area contributed by atoms with Crippen molar-refractivity contribution in [1.29, 1.82) is 0 Å². The van der Waals surface area contributed by atoms with E-state index in [4.69, 9.17) is 4.98 Å². The van der Waals surface area contributed by atoms with Gasteiger partial charge in [0.05, 0.1) is 11.2 Å². The highest BCUT2D eigenvalue weighted by Gasteiger charge is 2.16. The SMILES string of the molecule is Cn1cc(-c2cc3c(ncc4c[nH]n(C)c43)n2)c2nccnc21. The van der Waals surface area contributed by atoms with E-state index in [2.05, 4.69) is 26.1 Å². The first-order valence-electron chi connectivity index (χ1n) is 7.28. The third-order valence-corrected chi connectivity index (χ3v) is 4.22. The molecule has 5 aromatic heterocycles. The molecule has 0 aliphatic rings. The summed E-state index contributed by atoms with van der Waals surface area (Å²) in [5, 5.41) is 5.27. The van der Waals surface area contributed by atoms with Crippen LogP contribution >= 0.6 is 0 Å². The summed E-state index contributed by atoms with van der Waals surface area (Å²) in [7, 11) is 3.95. The van der Waals surface area contributed by atoms with Crippen molar-refractivity contribution in [2.24, 2.45) is 14.1 Å². The summed E-state index contributed by atoms with van der Waals surface area (Å²) in [6.45, 7) is 0. The number of hydrogen-bond acceptors (Lipinski definition) is 4. The molecule has 0 fully saturated rings. The van der Waals surface area contributed by atoms with Crippen LogP contribution in [0.2, 0.25) is 0 Å². The zero-order valence-electron chi connectivity index (χ0n) is 12.6. The van der Waals surface area contributed by atoms with E-state index in [1.165, 1.54) is 0 Å². The molecule has 1 N–H and O–H groups in total. The number of H-pyrrole nitrogens is 1. The highest BCUT2D eigenvalue weighted by atomic mass is 15.2. The van der Waals surface area contributed by atoms with Gasteiger partial charge in [0.25, 0.3) is 0 Å². The lowest BCUT2D eigenvalue weighted by molar-refractivity contribution is 0.799. The van der Waals surface area contributed by atoms with Crippen LogP contribution in [0.25, 0.3) is 44.4 Å². The molecule has 0 aliphatic carbocycles. The number of aromatic amines is 1. The second kappa shape index (κ2) is 4.16. The highest BCUT2D eigenvalue weighted by Crippen LogP contribution is 2.31. The smallest absolute Gasteiger partial charge is 0.162 e. The van der Waals surface area contributed by atoms with E-state index in [0.717, 1.165) is 44.4 Å². The van der Waals surface area contributed by atoms with Gasteiger partial charge < -0.3 is 9.67 Å². The summed E-state index contributed by atoms with van der Waals surface area (Å²) in [6, 6.07) is 2.07. The Balaban J connectivity index is 1.86. The molecule has 0 atom stereocenters. The van der Waals surface area contributed by atoms with Gasteiger partial charge in [-0.05, 0) is 6.07 Å². The number of nitrogens with one attached hydrogen (secondary N) is 1. The molecule has 0 aliphatic heterocycles. The van der Waals surface area contributed by atoms with Gasteiger partial charge in [0, 0.05) is 61.4 Å². The lowest BCUT2D eigenvalue weighted by atomic mass is 10.2. The number of aryl methyl sites for hydroxylation is 2. The molecule has 23 heavy (non-hydrogen) atoms. The van der Waals surface area contributed by atoms with Crippen molar-refractivity contribution < 1.29 is 0 Å². The van der Waals surface area contributed by atoms with Gasteiger partial charge in [-0.1, -0.05) is 0 Å². The van der Waals surface area contributed by atoms with Gasteiger partial charge in [-0.2, -0.15) is 0 Å². The molecule has 0 aromatic carbocycles. The zero-order valence-corrected chi connectivity index (χ0v) is 12.6. The second-order valence-corrected chi connectivity index (χ2v) is 5.66. The topological polar surface area (TPSA) is 77.2 Å². The molecule has 0 saturated heterocycles. The fourth-order valence-corrected chi connectivity index (χ4v) is 3.16. The van der Waals surface area contributed by atoms with E-state index in [9.17, 15) is 0 Å². The van der Waals surface area contributed by atoms with E-state index in [1.54, 1.807) is 12.4 Å². The minimum absolute atomic E-state index is 0.739. The summed E-state index contributed by atoms with van der Waals surface area (Å²) in [5.41, 5.74) is 5.38. The molecule has 0 bridgehead atoms. The molecule has 112 valence electrons. The van der Waals surface area contributed by atoms with Gasteiger partial charge in [0.1, 0.15) is 5.52 Å². The summed E-state index contributed by atoms with van der Waals surface area (Å²) in [6.07, 6.45) is 9.20. The maximum Gasteiger partial charge on any atom is 0.162 e. The third-order valence-electron chi connectivity index (χ3n) is 4.22. The van der Waals surface area contributed by atoms with Gasteiger partial charge in [-0.15, -0.1) is 0 Å². The molecule has 0 spiro atoms. The molecule has 5 aromatic rings. The summed E-state index contributed by atoms with van der Waals surface area (Å²) in [4.78, 5) is 18.0. The van der Waals surface area contributed by atoms with Crippen molar-refractivity contribution in [3.8, 4) is 11.3 Å². The number of nitrogens with zero attached hydrogens (tertiary/aromatic N) is 6. The van der Waals surface area contributed by atoms with Crippen molar-refractivity contribution in [3.05, 3.63) is 37.1 Å². The van der Waals surface area contributed by atoms with Crippen LogP contribution < -0.4 is 0 Å². The Morgan fingerprint density at radius 3 is 2.87 bits per heavy atom. The Morgan fingerprint density at radius 2 is 1.96 bits per heavy atom. The largest absolute Gasteiger partial charge is 0.334 e. The molecular weight excluding hydrogens is 290 g/mol. The predicted octanol–water partition coefficient (Wildman–Crippen LogP) is 2.40. The standard InChI is InChI=1S/C16H13N7/c1-22-8-11(13-16(22)18-4-3-17-13)12-5-10-14-9(7-20-23(14)2)6-19-15(10)21-12/h3-8,20H,1-2H3. The van der Waals surface area contributed by atoms with Gasteiger partial charge in [-0.25, -0.2) is 15.0 Å². The molecule has 7 heteroatoms. The highest BCUT2D eigenvalue weighted by molar-refractivity contribution is 6.05.